The van der Waals surface area contributed by atoms with Crippen LogP contribution in [0.5, 0.6) is 5.75 Å². The Kier molecular flexibility index (Phi) is 5.83. The number of rotatable bonds is 6. The van der Waals surface area contributed by atoms with E-state index in [2.05, 4.69) is 35.0 Å². The first kappa shape index (κ1) is 16.1. The van der Waals surface area contributed by atoms with Crippen molar-refractivity contribution in [2.24, 2.45) is 0 Å². The van der Waals surface area contributed by atoms with E-state index in [1.807, 2.05) is 36.4 Å². The van der Waals surface area contributed by atoms with Crippen LogP contribution in [0.2, 0.25) is 0 Å². The second kappa shape index (κ2) is 7.62. The fourth-order valence-electron chi connectivity index (χ4n) is 2.50. The first-order valence-corrected chi connectivity index (χ1v) is 7.95. The minimum Gasteiger partial charge on any atom is -0.497 e. The molecule has 0 amide bonds. The summed E-state index contributed by atoms with van der Waals surface area (Å²) in [6.07, 6.45) is 0.992. The summed E-state index contributed by atoms with van der Waals surface area (Å²) in [7, 11) is 1.65. The molecule has 0 saturated heterocycles. The maximum absolute atomic E-state index is 10.4. The first-order chi connectivity index (χ1) is 10.1. The number of benzene rings is 2. The first-order valence-electron chi connectivity index (χ1n) is 7.15. The van der Waals surface area contributed by atoms with Crippen LogP contribution in [-0.4, -0.2) is 18.3 Å². The molecule has 2 rings (SSSR count). The number of ether oxygens (including phenoxy) is 1. The van der Waals surface area contributed by atoms with Crippen LogP contribution >= 0.6 is 15.9 Å². The van der Waals surface area contributed by atoms with E-state index in [0.29, 0.717) is 12.3 Å². The summed E-state index contributed by atoms with van der Waals surface area (Å²) >= 11 is 3.53. The molecule has 0 saturated carbocycles. The third kappa shape index (κ3) is 4.58. The molecule has 2 nitrogen and oxygen atoms in total. The Labute approximate surface area is 134 Å². The number of aliphatic hydroxyl groups excluding tert-OH is 1. The number of halogens is 1. The molecule has 21 heavy (non-hydrogen) atoms. The fourth-order valence-corrected chi connectivity index (χ4v) is 2.91. The average molecular weight is 349 g/mol. The molecule has 0 bridgehead atoms. The highest BCUT2D eigenvalue weighted by molar-refractivity contribution is 9.10. The molecule has 0 radical (unpaired) electrons. The van der Waals surface area contributed by atoms with Gasteiger partial charge in [-0.2, -0.15) is 0 Å². The second-order valence-corrected chi connectivity index (χ2v) is 6.22. The molecule has 0 aromatic heterocycles. The van der Waals surface area contributed by atoms with Crippen LogP contribution < -0.4 is 4.74 Å². The molecule has 0 fully saturated rings. The SMILES string of the molecule is COc1ccc(Br)c(CC(O)CC(C)c2ccccc2)c1. The molecule has 112 valence electrons. The van der Waals surface area contributed by atoms with Crippen molar-refractivity contribution in [3.8, 4) is 5.75 Å². The smallest absolute Gasteiger partial charge is 0.119 e. The van der Waals surface area contributed by atoms with Crippen LogP contribution in [0.4, 0.5) is 0 Å². The van der Waals surface area contributed by atoms with Gasteiger partial charge in [-0.05, 0) is 48.1 Å². The molecule has 2 aromatic rings. The molecule has 0 aliphatic heterocycles. The van der Waals surface area contributed by atoms with E-state index >= 15 is 0 Å². The maximum atomic E-state index is 10.4. The lowest BCUT2D eigenvalue weighted by Crippen LogP contribution is -2.14. The molecule has 3 heteroatoms. The summed E-state index contributed by atoms with van der Waals surface area (Å²) in [4.78, 5) is 0. The zero-order chi connectivity index (χ0) is 15.2. The van der Waals surface area contributed by atoms with Crippen LogP contribution in [0.15, 0.2) is 53.0 Å². The molecule has 2 aromatic carbocycles. The molecule has 0 aliphatic carbocycles. The van der Waals surface area contributed by atoms with Gasteiger partial charge in [0, 0.05) is 4.47 Å². The topological polar surface area (TPSA) is 29.5 Å². The fraction of sp³-hybridized carbons (Fsp3) is 0.333. The van der Waals surface area contributed by atoms with Gasteiger partial charge in [-0.1, -0.05) is 53.2 Å². The third-order valence-electron chi connectivity index (χ3n) is 3.70. The van der Waals surface area contributed by atoms with E-state index in [0.717, 1.165) is 22.2 Å². The Morgan fingerprint density at radius 2 is 1.86 bits per heavy atom. The molecule has 2 unspecified atom stereocenters. The van der Waals surface area contributed by atoms with Gasteiger partial charge in [0.2, 0.25) is 0 Å². The van der Waals surface area contributed by atoms with E-state index in [4.69, 9.17) is 4.74 Å². The zero-order valence-corrected chi connectivity index (χ0v) is 14.0. The van der Waals surface area contributed by atoms with Gasteiger partial charge in [-0.3, -0.25) is 0 Å². The predicted octanol–water partition coefficient (Wildman–Crippen LogP) is 4.55. The third-order valence-corrected chi connectivity index (χ3v) is 4.48. The minimum absolute atomic E-state index is 0.339. The lowest BCUT2D eigenvalue weighted by Gasteiger charge is -2.18. The highest BCUT2D eigenvalue weighted by Crippen LogP contribution is 2.26. The van der Waals surface area contributed by atoms with Crippen LogP contribution in [0.25, 0.3) is 0 Å². The zero-order valence-electron chi connectivity index (χ0n) is 12.4. The van der Waals surface area contributed by atoms with Crippen molar-refractivity contribution in [1.29, 1.82) is 0 Å². The molecule has 0 heterocycles. The molecular formula is C18H21BrO2. The average Bonchev–Trinajstić information content (AvgIpc) is 2.50. The largest absolute Gasteiger partial charge is 0.497 e. The van der Waals surface area contributed by atoms with Crippen LogP contribution in [0.3, 0.4) is 0 Å². The van der Waals surface area contributed by atoms with Gasteiger partial charge in [0.05, 0.1) is 13.2 Å². The summed E-state index contributed by atoms with van der Waals surface area (Å²) in [5.74, 6) is 1.15. The summed E-state index contributed by atoms with van der Waals surface area (Å²) in [6.45, 7) is 2.15. The standard InChI is InChI=1S/C18H21BrO2/c1-13(14-6-4-3-5-7-14)10-16(20)11-15-12-17(21-2)8-9-18(15)19/h3-9,12-13,16,20H,10-11H2,1-2H3. The van der Waals surface area contributed by atoms with Gasteiger partial charge in [-0.25, -0.2) is 0 Å². The summed E-state index contributed by atoms with van der Waals surface area (Å²) in [5, 5.41) is 10.4. The van der Waals surface area contributed by atoms with Gasteiger partial charge in [-0.15, -0.1) is 0 Å². The highest BCUT2D eigenvalue weighted by Gasteiger charge is 2.14. The monoisotopic (exact) mass is 348 g/mol. The van der Waals surface area contributed by atoms with Crippen molar-refractivity contribution in [3.63, 3.8) is 0 Å². The van der Waals surface area contributed by atoms with Crippen molar-refractivity contribution in [3.05, 3.63) is 64.1 Å². The molecule has 0 aliphatic rings. The van der Waals surface area contributed by atoms with E-state index in [-0.39, 0.29) is 6.10 Å². The minimum atomic E-state index is -0.372. The Hall–Kier alpha value is -1.32. The van der Waals surface area contributed by atoms with E-state index in [9.17, 15) is 5.11 Å². The van der Waals surface area contributed by atoms with Crippen LogP contribution in [0, 0.1) is 0 Å². The van der Waals surface area contributed by atoms with Gasteiger partial charge in [0.25, 0.3) is 0 Å². The number of methoxy groups -OCH3 is 1. The number of hydrogen-bond acceptors (Lipinski definition) is 2. The molecule has 2 atom stereocenters. The quantitative estimate of drug-likeness (QED) is 0.829. The molecule has 0 spiro atoms. The van der Waals surface area contributed by atoms with Gasteiger partial charge in [0.15, 0.2) is 0 Å². The number of hydrogen-bond donors (Lipinski definition) is 1. The summed E-state index contributed by atoms with van der Waals surface area (Å²) < 4.78 is 6.25. The van der Waals surface area contributed by atoms with Gasteiger partial charge in [0.1, 0.15) is 5.75 Å². The Morgan fingerprint density at radius 3 is 2.52 bits per heavy atom. The Balaban J connectivity index is 2.00. The highest BCUT2D eigenvalue weighted by atomic mass is 79.9. The van der Waals surface area contributed by atoms with E-state index < -0.39 is 0 Å². The van der Waals surface area contributed by atoms with E-state index in [1.165, 1.54) is 5.56 Å². The van der Waals surface area contributed by atoms with Crippen LogP contribution in [-0.2, 0) is 6.42 Å². The van der Waals surface area contributed by atoms with Gasteiger partial charge < -0.3 is 9.84 Å². The molecule has 1 N–H and O–H groups in total. The normalized spacial score (nSPS) is 13.7. The predicted molar refractivity (Wildman–Crippen MR) is 89.9 cm³/mol. The number of aliphatic hydroxyl groups is 1. The molecular weight excluding hydrogens is 328 g/mol. The van der Waals surface area contributed by atoms with Crippen molar-refractivity contribution in [2.45, 2.75) is 31.8 Å². The van der Waals surface area contributed by atoms with Crippen molar-refractivity contribution in [2.75, 3.05) is 7.11 Å². The maximum Gasteiger partial charge on any atom is 0.119 e. The van der Waals surface area contributed by atoms with Crippen LogP contribution in [0.1, 0.15) is 30.4 Å². The van der Waals surface area contributed by atoms with Crippen molar-refractivity contribution < 1.29 is 9.84 Å². The Morgan fingerprint density at radius 1 is 1.14 bits per heavy atom. The van der Waals surface area contributed by atoms with Crippen molar-refractivity contribution in [1.82, 2.24) is 0 Å². The second-order valence-electron chi connectivity index (χ2n) is 5.36. The van der Waals surface area contributed by atoms with Gasteiger partial charge >= 0.3 is 0 Å². The lowest BCUT2D eigenvalue weighted by atomic mass is 9.92. The summed E-state index contributed by atoms with van der Waals surface area (Å²) in [6, 6.07) is 16.2. The summed E-state index contributed by atoms with van der Waals surface area (Å²) in [5.41, 5.74) is 2.34. The van der Waals surface area contributed by atoms with Crippen molar-refractivity contribution >= 4 is 15.9 Å². The van der Waals surface area contributed by atoms with E-state index in [1.54, 1.807) is 7.11 Å². The Bertz CT molecular complexity index is 569. The lowest BCUT2D eigenvalue weighted by molar-refractivity contribution is 0.157.